The van der Waals surface area contributed by atoms with Gasteiger partial charge < -0.3 is 9.84 Å². The van der Waals surface area contributed by atoms with Crippen molar-refractivity contribution in [1.29, 1.82) is 0 Å². The zero-order valence-corrected chi connectivity index (χ0v) is 10.2. The minimum absolute atomic E-state index is 0.413. The summed E-state index contributed by atoms with van der Waals surface area (Å²) < 4.78 is 5.45. The molecule has 0 amide bonds. The topological polar surface area (TPSA) is 63.6 Å². The molecule has 16 heavy (non-hydrogen) atoms. The summed E-state index contributed by atoms with van der Waals surface area (Å²) in [5.74, 6) is -1.76. The maximum absolute atomic E-state index is 11.8. The molecule has 1 N–H and O–H groups in total. The smallest absolute Gasteiger partial charge is 0.323 e. The van der Waals surface area contributed by atoms with E-state index in [-0.39, 0.29) is 0 Å². The number of ether oxygens (including phenoxy) is 1. The summed E-state index contributed by atoms with van der Waals surface area (Å²) in [6, 6.07) is 0. The first-order valence-electron chi connectivity index (χ1n) is 5.81. The third-order valence-corrected chi connectivity index (χ3v) is 3.51. The van der Waals surface area contributed by atoms with Gasteiger partial charge in [-0.2, -0.15) is 0 Å². The lowest BCUT2D eigenvalue weighted by Crippen LogP contribution is -2.41. The minimum Gasteiger partial charge on any atom is -0.480 e. The van der Waals surface area contributed by atoms with Crippen LogP contribution in [0.1, 0.15) is 52.9 Å². The number of carboxylic acid groups (broad SMARTS) is 1. The van der Waals surface area contributed by atoms with Crippen molar-refractivity contribution in [3.05, 3.63) is 0 Å². The fourth-order valence-electron chi connectivity index (χ4n) is 1.96. The van der Waals surface area contributed by atoms with Gasteiger partial charge in [0.2, 0.25) is 0 Å². The van der Waals surface area contributed by atoms with Gasteiger partial charge in [-0.1, -0.05) is 6.92 Å². The molecule has 4 nitrogen and oxygen atoms in total. The van der Waals surface area contributed by atoms with Crippen molar-refractivity contribution in [2.75, 3.05) is 0 Å². The van der Waals surface area contributed by atoms with Gasteiger partial charge in [-0.15, -0.1) is 0 Å². The van der Waals surface area contributed by atoms with E-state index in [0.29, 0.717) is 0 Å². The highest BCUT2D eigenvalue weighted by Gasteiger charge is 2.44. The second-order valence-electron chi connectivity index (χ2n) is 5.06. The molecule has 0 aromatic heterocycles. The lowest BCUT2D eigenvalue weighted by molar-refractivity contribution is -0.177. The number of rotatable bonds is 4. The molecule has 1 rings (SSSR count). The van der Waals surface area contributed by atoms with Crippen LogP contribution in [-0.4, -0.2) is 22.6 Å². The molecule has 1 aliphatic rings. The molecule has 0 radical (unpaired) electrons. The predicted molar refractivity (Wildman–Crippen MR) is 59.0 cm³/mol. The number of aliphatic carboxylic acids is 1. The van der Waals surface area contributed by atoms with E-state index < -0.39 is 23.0 Å². The summed E-state index contributed by atoms with van der Waals surface area (Å²) in [7, 11) is 0. The molecule has 0 heterocycles. The Labute approximate surface area is 96.0 Å². The third-order valence-electron chi connectivity index (χ3n) is 3.51. The zero-order chi connectivity index (χ0) is 12.4. The number of carboxylic acids is 1. The molecule has 0 aromatic rings. The summed E-state index contributed by atoms with van der Waals surface area (Å²) in [6.45, 7) is 4.75. The Morgan fingerprint density at radius 1 is 1.31 bits per heavy atom. The van der Waals surface area contributed by atoms with E-state index in [2.05, 4.69) is 0 Å². The zero-order valence-electron chi connectivity index (χ0n) is 10.2. The molecule has 0 aromatic carbocycles. The molecular formula is C12H20O4. The number of hydrogen-bond donors (Lipinski definition) is 1. The van der Waals surface area contributed by atoms with Crippen LogP contribution in [0, 0.1) is 5.41 Å². The molecule has 0 atom stereocenters. The molecular weight excluding hydrogens is 208 g/mol. The van der Waals surface area contributed by atoms with Crippen LogP contribution in [0.5, 0.6) is 0 Å². The Balaban J connectivity index is 2.73. The summed E-state index contributed by atoms with van der Waals surface area (Å²) >= 11 is 0. The van der Waals surface area contributed by atoms with Crippen molar-refractivity contribution in [2.45, 2.75) is 58.5 Å². The van der Waals surface area contributed by atoms with E-state index in [4.69, 9.17) is 9.84 Å². The first kappa shape index (κ1) is 13.0. The number of carbonyl (C=O) groups excluding carboxylic acids is 1. The summed E-state index contributed by atoms with van der Waals surface area (Å²) in [6.07, 6.45) is 4.56. The Morgan fingerprint density at radius 3 is 2.19 bits per heavy atom. The first-order chi connectivity index (χ1) is 7.34. The van der Waals surface area contributed by atoms with Gasteiger partial charge in [0.05, 0.1) is 0 Å². The normalized spacial score (nSPS) is 19.4. The van der Waals surface area contributed by atoms with Crippen LogP contribution in [0.2, 0.25) is 0 Å². The van der Waals surface area contributed by atoms with Crippen LogP contribution in [0.25, 0.3) is 0 Å². The van der Waals surface area contributed by atoms with Crippen LogP contribution in [-0.2, 0) is 14.3 Å². The maximum atomic E-state index is 11.8. The average molecular weight is 228 g/mol. The van der Waals surface area contributed by atoms with Gasteiger partial charge in [0.1, 0.15) is 5.60 Å². The SMILES string of the molecule is CCC1(OC(=O)C(C)(C)C(=O)O)CCCC1. The maximum Gasteiger partial charge on any atom is 0.323 e. The second-order valence-corrected chi connectivity index (χ2v) is 5.06. The van der Waals surface area contributed by atoms with Crippen molar-refractivity contribution in [2.24, 2.45) is 5.41 Å². The van der Waals surface area contributed by atoms with E-state index in [1.54, 1.807) is 0 Å². The van der Waals surface area contributed by atoms with E-state index in [0.717, 1.165) is 32.1 Å². The van der Waals surface area contributed by atoms with Gasteiger partial charge in [-0.25, -0.2) is 0 Å². The number of hydrogen-bond acceptors (Lipinski definition) is 3. The monoisotopic (exact) mass is 228 g/mol. The minimum atomic E-state index is -1.45. The number of esters is 1. The first-order valence-corrected chi connectivity index (χ1v) is 5.81. The van der Waals surface area contributed by atoms with Crippen LogP contribution in [0.3, 0.4) is 0 Å². The predicted octanol–water partition coefficient (Wildman–Crippen LogP) is 2.36. The lowest BCUT2D eigenvalue weighted by Gasteiger charge is -2.31. The largest absolute Gasteiger partial charge is 0.480 e. The van der Waals surface area contributed by atoms with Crippen molar-refractivity contribution < 1.29 is 19.4 Å². The van der Waals surface area contributed by atoms with Crippen LogP contribution in [0.4, 0.5) is 0 Å². The molecule has 0 spiro atoms. The van der Waals surface area contributed by atoms with Gasteiger partial charge in [-0.3, -0.25) is 9.59 Å². The average Bonchev–Trinajstić information content (AvgIpc) is 2.66. The van der Waals surface area contributed by atoms with E-state index in [9.17, 15) is 9.59 Å². The molecule has 0 aliphatic heterocycles. The molecule has 0 unspecified atom stereocenters. The molecule has 1 saturated carbocycles. The highest BCUT2D eigenvalue weighted by Crippen LogP contribution is 2.37. The molecule has 0 saturated heterocycles. The van der Waals surface area contributed by atoms with Crippen molar-refractivity contribution in [1.82, 2.24) is 0 Å². The third kappa shape index (κ3) is 2.36. The highest BCUT2D eigenvalue weighted by atomic mass is 16.6. The highest BCUT2D eigenvalue weighted by molar-refractivity contribution is 5.98. The molecule has 0 bridgehead atoms. The summed E-state index contributed by atoms with van der Waals surface area (Å²) in [5.41, 5.74) is -1.87. The van der Waals surface area contributed by atoms with Crippen LogP contribution in [0.15, 0.2) is 0 Å². The Bertz CT molecular complexity index is 287. The fraction of sp³-hybridized carbons (Fsp3) is 0.833. The van der Waals surface area contributed by atoms with Gasteiger partial charge in [0.25, 0.3) is 0 Å². The van der Waals surface area contributed by atoms with Crippen molar-refractivity contribution >= 4 is 11.9 Å². The molecule has 1 fully saturated rings. The van der Waals surface area contributed by atoms with Gasteiger partial charge in [0.15, 0.2) is 5.41 Å². The van der Waals surface area contributed by atoms with Gasteiger partial charge in [-0.05, 0) is 46.0 Å². The van der Waals surface area contributed by atoms with Crippen molar-refractivity contribution in [3.8, 4) is 0 Å². The van der Waals surface area contributed by atoms with Gasteiger partial charge in [0, 0.05) is 0 Å². The van der Waals surface area contributed by atoms with Crippen LogP contribution >= 0.6 is 0 Å². The molecule has 1 aliphatic carbocycles. The Hall–Kier alpha value is -1.06. The van der Waals surface area contributed by atoms with Crippen molar-refractivity contribution in [3.63, 3.8) is 0 Å². The quantitative estimate of drug-likeness (QED) is 0.592. The van der Waals surface area contributed by atoms with E-state index in [1.807, 2.05) is 6.92 Å². The lowest BCUT2D eigenvalue weighted by atomic mass is 9.92. The number of carbonyl (C=O) groups is 2. The Kier molecular flexibility index (Phi) is 3.61. The van der Waals surface area contributed by atoms with Gasteiger partial charge >= 0.3 is 11.9 Å². The molecule has 4 heteroatoms. The molecule has 92 valence electrons. The second kappa shape index (κ2) is 4.44. The summed E-state index contributed by atoms with van der Waals surface area (Å²) in [5, 5.41) is 8.94. The standard InChI is InChI=1S/C12H20O4/c1-4-12(7-5-6-8-12)16-10(15)11(2,3)9(13)14/h4-8H2,1-3H3,(H,13,14). The Morgan fingerprint density at radius 2 is 1.81 bits per heavy atom. The summed E-state index contributed by atoms with van der Waals surface area (Å²) in [4.78, 5) is 22.8. The van der Waals surface area contributed by atoms with Crippen LogP contribution < -0.4 is 0 Å². The van der Waals surface area contributed by atoms with E-state index >= 15 is 0 Å². The fourth-order valence-corrected chi connectivity index (χ4v) is 1.96. The van der Waals surface area contributed by atoms with E-state index in [1.165, 1.54) is 13.8 Å².